The van der Waals surface area contributed by atoms with Gasteiger partial charge in [-0.1, -0.05) is 0 Å². The van der Waals surface area contributed by atoms with Gasteiger partial charge in [-0.15, -0.1) is 0 Å². The van der Waals surface area contributed by atoms with Crippen molar-refractivity contribution in [1.82, 2.24) is 14.9 Å². The molecule has 0 saturated carbocycles. The number of halogens is 1. The van der Waals surface area contributed by atoms with Crippen LogP contribution in [0.4, 0.5) is 10.1 Å². The minimum Gasteiger partial charge on any atom is -0.494 e. The summed E-state index contributed by atoms with van der Waals surface area (Å²) in [4.78, 5) is 29.2. The van der Waals surface area contributed by atoms with Gasteiger partial charge in [0.15, 0.2) is 11.6 Å². The standard InChI is InChI=1S/C19H19FN4O4/c1-9-8-28-18-15-10(6-11(20)16(18)23-4-2-21-3-5-23)17(26)14-12(24(9)15)7-13(25)22-19(14)27/h6-7,9,21H,2-5,8H2,1H3,(H2,22,25,27). The van der Waals surface area contributed by atoms with Crippen molar-refractivity contribution in [2.75, 3.05) is 37.7 Å². The van der Waals surface area contributed by atoms with Crippen LogP contribution in [0.25, 0.3) is 21.8 Å². The molecule has 2 aliphatic rings. The average Bonchev–Trinajstić information content (AvgIpc) is 2.66. The number of H-pyrrole nitrogens is 1. The zero-order chi connectivity index (χ0) is 19.6. The molecule has 1 aromatic carbocycles. The lowest BCUT2D eigenvalue weighted by Gasteiger charge is -2.35. The molecule has 5 rings (SSSR count). The molecular formula is C19H19FN4O4. The Bertz CT molecular complexity index is 1240. The number of anilines is 1. The smallest absolute Gasteiger partial charge is 0.252 e. The summed E-state index contributed by atoms with van der Waals surface area (Å²) in [6, 6.07) is 2.29. The summed E-state index contributed by atoms with van der Waals surface area (Å²) < 4.78 is 22.9. The molecule has 28 heavy (non-hydrogen) atoms. The Balaban J connectivity index is 1.97. The second-order valence-corrected chi connectivity index (χ2v) is 7.27. The van der Waals surface area contributed by atoms with Gasteiger partial charge >= 0.3 is 0 Å². The summed E-state index contributed by atoms with van der Waals surface area (Å²) in [6.07, 6.45) is 0. The molecule has 0 radical (unpaired) electrons. The largest absolute Gasteiger partial charge is 0.494 e. The van der Waals surface area contributed by atoms with Gasteiger partial charge in [0, 0.05) is 32.2 Å². The monoisotopic (exact) mass is 386 g/mol. The lowest BCUT2D eigenvalue weighted by molar-refractivity contribution is 0.250. The van der Waals surface area contributed by atoms with E-state index in [0.29, 0.717) is 35.6 Å². The van der Waals surface area contributed by atoms with Gasteiger partial charge in [-0.25, -0.2) is 4.39 Å². The number of aromatic nitrogens is 2. The van der Waals surface area contributed by atoms with Crippen molar-refractivity contribution in [2.24, 2.45) is 0 Å². The van der Waals surface area contributed by atoms with Gasteiger partial charge in [-0.3, -0.25) is 14.6 Å². The SMILES string of the molecule is CC1COc2c(N3CCNCC3)c(F)cc3c(=O)c4c(O)[nH]c(=O)cc4n1c23. The zero-order valence-corrected chi connectivity index (χ0v) is 15.2. The molecule has 1 fully saturated rings. The third kappa shape index (κ3) is 2.26. The van der Waals surface area contributed by atoms with E-state index in [4.69, 9.17) is 4.74 Å². The maximum absolute atomic E-state index is 15.1. The number of rotatable bonds is 1. The van der Waals surface area contributed by atoms with Gasteiger partial charge in [-0.05, 0) is 13.0 Å². The van der Waals surface area contributed by atoms with Gasteiger partial charge in [0.25, 0.3) is 5.56 Å². The minimum absolute atomic E-state index is 0.0267. The van der Waals surface area contributed by atoms with Crippen molar-refractivity contribution >= 4 is 27.5 Å². The number of piperazine rings is 1. The van der Waals surface area contributed by atoms with E-state index in [2.05, 4.69) is 10.3 Å². The first-order chi connectivity index (χ1) is 13.5. The normalized spacial score (nSPS) is 19.2. The summed E-state index contributed by atoms with van der Waals surface area (Å²) in [5.41, 5.74) is 0.0456. The Labute approximate surface area is 158 Å². The van der Waals surface area contributed by atoms with E-state index in [1.165, 1.54) is 12.1 Å². The van der Waals surface area contributed by atoms with Crippen molar-refractivity contribution < 1.29 is 14.2 Å². The molecule has 0 bridgehead atoms. The highest BCUT2D eigenvalue weighted by Gasteiger charge is 2.31. The fraction of sp³-hybridized carbons (Fsp3) is 0.368. The molecule has 9 heteroatoms. The first-order valence-corrected chi connectivity index (χ1v) is 9.22. The second-order valence-electron chi connectivity index (χ2n) is 7.27. The van der Waals surface area contributed by atoms with E-state index in [0.717, 1.165) is 13.1 Å². The van der Waals surface area contributed by atoms with Crippen molar-refractivity contribution in [1.29, 1.82) is 0 Å². The van der Waals surface area contributed by atoms with Crippen LogP contribution in [0.2, 0.25) is 0 Å². The minimum atomic E-state index is -0.542. The van der Waals surface area contributed by atoms with E-state index in [1.54, 1.807) is 4.57 Å². The van der Waals surface area contributed by atoms with Crippen LogP contribution in [0.15, 0.2) is 21.7 Å². The van der Waals surface area contributed by atoms with Crippen LogP contribution in [0.5, 0.6) is 11.6 Å². The van der Waals surface area contributed by atoms with Gasteiger partial charge in [0.2, 0.25) is 11.3 Å². The summed E-state index contributed by atoms with van der Waals surface area (Å²) in [7, 11) is 0. The molecule has 146 valence electrons. The molecule has 1 saturated heterocycles. The molecule has 0 spiro atoms. The molecule has 4 heterocycles. The molecule has 1 unspecified atom stereocenters. The topological polar surface area (TPSA) is 99.6 Å². The van der Waals surface area contributed by atoms with Crippen molar-refractivity contribution in [3.8, 4) is 11.6 Å². The van der Waals surface area contributed by atoms with E-state index in [1.807, 2.05) is 11.8 Å². The molecular weight excluding hydrogens is 367 g/mol. The number of aromatic hydroxyl groups is 1. The molecule has 1 atom stereocenters. The number of aromatic amines is 1. The van der Waals surface area contributed by atoms with Crippen LogP contribution in [-0.2, 0) is 0 Å². The van der Waals surface area contributed by atoms with Crippen LogP contribution in [-0.4, -0.2) is 47.4 Å². The maximum Gasteiger partial charge on any atom is 0.252 e. The van der Waals surface area contributed by atoms with Gasteiger partial charge in [0.1, 0.15) is 17.7 Å². The quantitative estimate of drug-likeness (QED) is 0.541. The molecule has 0 amide bonds. The highest BCUT2D eigenvalue weighted by Crippen LogP contribution is 2.43. The number of nitrogens with one attached hydrogen (secondary N) is 2. The molecule has 8 nitrogen and oxygen atoms in total. The van der Waals surface area contributed by atoms with Gasteiger partial charge < -0.3 is 24.6 Å². The highest BCUT2D eigenvalue weighted by atomic mass is 19.1. The third-order valence-electron chi connectivity index (χ3n) is 5.50. The first kappa shape index (κ1) is 17.1. The van der Waals surface area contributed by atoms with E-state index in [-0.39, 0.29) is 23.4 Å². The number of fused-ring (bicyclic) bond motifs is 2. The van der Waals surface area contributed by atoms with Crippen LogP contribution in [0.3, 0.4) is 0 Å². The van der Waals surface area contributed by atoms with E-state index < -0.39 is 22.7 Å². The van der Waals surface area contributed by atoms with Gasteiger partial charge in [-0.2, -0.15) is 0 Å². The van der Waals surface area contributed by atoms with Crippen LogP contribution >= 0.6 is 0 Å². The number of nitrogens with zero attached hydrogens (tertiary/aromatic N) is 2. The predicted molar refractivity (Wildman–Crippen MR) is 103 cm³/mol. The molecule has 3 aromatic rings. The van der Waals surface area contributed by atoms with Crippen molar-refractivity contribution in [3.63, 3.8) is 0 Å². The molecule has 2 aliphatic heterocycles. The number of hydrogen-bond acceptors (Lipinski definition) is 6. The van der Waals surface area contributed by atoms with E-state index >= 15 is 4.39 Å². The van der Waals surface area contributed by atoms with E-state index in [9.17, 15) is 14.7 Å². The zero-order valence-electron chi connectivity index (χ0n) is 15.2. The molecule has 2 aromatic heterocycles. The Kier molecular flexibility index (Phi) is 3.63. The van der Waals surface area contributed by atoms with Crippen molar-refractivity contribution in [3.05, 3.63) is 38.5 Å². The Morgan fingerprint density at radius 1 is 1.25 bits per heavy atom. The maximum atomic E-state index is 15.1. The third-order valence-corrected chi connectivity index (χ3v) is 5.50. The summed E-state index contributed by atoms with van der Waals surface area (Å²) in [6.45, 7) is 4.83. The first-order valence-electron chi connectivity index (χ1n) is 9.22. The van der Waals surface area contributed by atoms with Crippen LogP contribution < -0.4 is 25.9 Å². The van der Waals surface area contributed by atoms with Crippen LogP contribution in [0.1, 0.15) is 13.0 Å². The second kappa shape index (κ2) is 5.96. The lowest BCUT2D eigenvalue weighted by atomic mass is 10.0. The van der Waals surface area contributed by atoms with Crippen molar-refractivity contribution in [2.45, 2.75) is 13.0 Å². The number of pyridine rings is 2. The number of ether oxygens (including phenoxy) is 1. The average molecular weight is 386 g/mol. The summed E-state index contributed by atoms with van der Waals surface area (Å²) >= 11 is 0. The Morgan fingerprint density at radius 2 is 2.00 bits per heavy atom. The summed E-state index contributed by atoms with van der Waals surface area (Å²) in [5.74, 6) is -0.732. The lowest BCUT2D eigenvalue weighted by Crippen LogP contribution is -2.44. The number of benzene rings is 1. The van der Waals surface area contributed by atoms with Gasteiger partial charge in [0.05, 0.1) is 22.5 Å². The highest BCUT2D eigenvalue weighted by molar-refractivity contribution is 6.01. The molecule has 3 N–H and O–H groups in total. The Hall–Kier alpha value is -3.07. The van der Waals surface area contributed by atoms with Crippen LogP contribution in [0, 0.1) is 5.82 Å². The number of hydrogen-bond donors (Lipinski definition) is 3. The Morgan fingerprint density at radius 3 is 2.75 bits per heavy atom. The summed E-state index contributed by atoms with van der Waals surface area (Å²) in [5, 5.41) is 13.5. The molecule has 0 aliphatic carbocycles. The fourth-order valence-corrected chi connectivity index (χ4v) is 4.28. The fourth-order valence-electron chi connectivity index (χ4n) is 4.28. The predicted octanol–water partition coefficient (Wildman–Crippen LogP) is 1.05.